The van der Waals surface area contributed by atoms with E-state index in [2.05, 4.69) is 10.3 Å². The smallest absolute Gasteiger partial charge is 0.261 e. The highest BCUT2D eigenvalue weighted by molar-refractivity contribution is 6.36. The number of ether oxygens (including phenoxy) is 4. The van der Waals surface area contributed by atoms with Gasteiger partial charge in [-0.3, -0.25) is 23.7 Å². The molecule has 12 nitrogen and oxygen atoms in total. The first-order chi connectivity index (χ1) is 24.1. The van der Waals surface area contributed by atoms with E-state index < -0.39 is 29.0 Å². The fourth-order valence-corrected chi connectivity index (χ4v) is 7.04. The second-order valence-electron chi connectivity index (χ2n) is 12.1. The number of nitrogens with zero attached hydrogens (tertiary/aromatic N) is 2. The van der Waals surface area contributed by atoms with Crippen molar-refractivity contribution in [2.75, 3.05) is 27.9 Å². The zero-order valence-corrected chi connectivity index (χ0v) is 28.4. The first-order valence-electron chi connectivity index (χ1n) is 15.9. The molecule has 0 saturated heterocycles. The van der Waals surface area contributed by atoms with Gasteiger partial charge in [0.1, 0.15) is 39.4 Å². The number of rotatable bonds is 9. The Kier molecular flexibility index (Phi) is 8.35. The van der Waals surface area contributed by atoms with Crippen molar-refractivity contribution in [3.63, 3.8) is 0 Å². The maximum atomic E-state index is 14.8. The molecule has 5 aromatic rings. The van der Waals surface area contributed by atoms with Crippen molar-refractivity contribution in [3.05, 3.63) is 98.8 Å². The summed E-state index contributed by atoms with van der Waals surface area (Å²) in [7, 11) is 4.36. The Labute approximate surface area is 290 Å². The number of fused-ring (bicyclic) bond motifs is 3. The van der Waals surface area contributed by atoms with Crippen molar-refractivity contribution in [1.82, 2.24) is 14.9 Å². The minimum absolute atomic E-state index is 0.00638. The fraction of sp³-hybridized carbons (Fsp3) is 0.270. The molecular formula is C37H32ClN3O9. The van der Waals surface area contributed by atoms with Crippen LogP contribution in [-0.2, 0) is 24.2 Å². The number of Topliss-reactive ketones (excluding diaryl/α,β-unsaturated/α-hetero) is 2. The van der Waals surface area contributed by atoms with Crippen LogP contribution < -0.4 is 29.8 Å². The molecular weight excluding hydrogens is 666 g/mol. The standard InChI is InChI=1S/C37H32ClN3O9/c1-19-15-26-29(34(43)37(19)35(44)30-25(47-3)17-27(48-4)31(38)33(30)50-37)23(32(49-26)20-9-11-21(46-2)12-10-20)16-28(42)39-13-14-41-18-40-24-8-6-5-7-22(24)36(41)45/h5-12,17-19H,13-16H2,1-4H3,(H,39,42). The highest BCUT2D eigenvalue weighted by Crippen LogP contribution is 2.54. The van der Waals surface area contributed by atoms with Gasteiger partial charge in [-0.1, -0.05) is 30.7 Å². The number of aromatic nitrogens is 2. The number of hydrogen-bond donors (Lipinski definition) is 1. The molecule has 1 amide bonds. The maximum absolute atomic E-state index is 14.8. The van der Waals surface area contributed by atoms with Gasteiger partial charge in [0.2, 0.25) is 23.1 Å². The molecule has 2 aliphatic rings. The normalized spacial score (nSPS) is 17.7. The summed E-state index contributed by atoms with van der Waals surface area (Å²) in [5, 5.41) is 3.35. The number of carbonyl (C=O) groups is 3. The van der Waals surface area contributed by atoms with Gasteiger partial charge in [-0.2, -0.15) is 0 Å². The number of nitrogens with one attached hydrogen (secondary N) is 1. The van der Waals surface area contributed by atoms with Gasteiger partial charge in [-0.05, 0) is 36.4 Å². The van der Waals surface area contributed by atoms with Crippen molar-refractivity contribution in [2.24, 2.45) is 5.92 Å². The van der Waals surface area contributed by atoms with Gasteiger partial charge in [0.05, 0.1) is 50.5 Å². The number of carbonyl (C=O) groups excluding carboxylic acids is 3. The summed E-state index contributed by atoms with van der Waals surface area (Å²) in [6, 6.07) is 15.5. The van der Waals surface area contributed by atoms with Crippen molar-refractivity contribution < 1.29 is 37.7 Å². The van der Waals surface area contributed by atoms with E-state index in [1.807, 2.05) is 0 Å². The minimum atomic E-state index is -1.99. The van der Waals surface area contributed by atoms with Crippen LogP contribution in [0.1, 0.15) is 39.0 Å². The summed E-state index contributed by atoms with van der Waals surface area (Å²) < 4.78 is 30.3. The molecule has 3 heterocycles. The summed E-state index contributed by atoms with van der Waals surface area (Å²) in [4.78, 5) is 59.9. The molecule has 1 N–H and O–H groups in total. The van der Waals surface area contributed by atoms with Crippen LogP contribution in [0, 0.1) is 5.92 Å². The molecule has 7 rings (SSSR count). The van der Waals surface area contributed by atoms with Crippen LogP contribution in [-0.4, -0.2) is 60.5 Å². The van der Waals surface area contributed by atoms with Crippen molar-refractivity contribution in [3.8, 4) is 34.3 Å². The highest BCUT2D eigenvalue weighted by atomic mass is 35.5. The number of benzene rings is 3. The van der Waals surface area contributed by atoms with E-state index in [0.29, 0.717) is 39.3 Å². The minimum Gasteiger partial charge on any atom is -0.497 e. The molecule has 0 radical (unpaired) electrons. The van der Waals surface area contributed by atoms with Crippen LogP contribution in [0.25, 0.3) is 22.2 Å². The van der Waals surface area contributed by atoms with Crippen molar-refractivity contribution in [1.29, 1.82) is 0 Å². The van der Waals surface area contributed by atoms with Crippen LogP contribution in [0.2, 0.25) is 5.02 Å². The molecule has 2 unspecified atom stereocenters. The van der Waals surface area contributed by atoms with Crippen molar-refractivity contribution in [2.45, 2.75) is 31.9 Å². The lowest BCUT2D eigenvalue weighted by atomic mass is 9.70. The van der Waals surface area contributed by atoms with E-state index in [4.69, 9.17) is 35.0 Å². The molecule has 1 spiro atoms. The third-order valence-electron chi connectivity index (χ3n) is 9.34. The van der Waals surface area contributed by atoms with Gasteiger partial charge in [0.15, 0.2) is 5.75 Å². The third-order valence-corrected chi connectivity index (χ3v) is 9.70. The van der Waals surface area contributed by atoms with Crippen molar-refractivity contribution >= 4 is 40.0 Å². The number of ketones is 2. The molecule has 1 aliphatic heterocycles. The zero-order valence-electron chi connectivity index (χ0n) is 27.6. The van der Waals surface area contributed by atoms with E-state index in [-0.39, 0.29) is 64.9 Å². The summed E-state index contributed by atoms with van der Waals surface area (Å²) in [6.07, 6.45) is 1.33. The first kappa shape index (κ1) is 32.9. The molecule has 2 atom stereocenters. The Bertz CT molecular complexity index is 2260. The first-order valence-corrected chi connectivity index (χ1v) is 16.2. The summed E-state index contributed by atoms with van der Waals surface area (Å²) in [6.45, 7) is 2.01. The molecule has 256 valence electrons. The van der Waals surface area contributed by atoms with Gasteiger partial charge in [-0.15, -0.1) is 0 Å². The molecule has 0 fully saturated rings. The molecule has 0 saturated carbocycles. The molecule has 13 heteroatoms. The number of halogens is 1. The lowest BCUT2D eigenvalue weighted by molar-refractivity contribution is -0.120. The molecule has 3 aromatic carbocycles. The average Bonchev–Trinajstić information content (AvgIpc) is 3.64. The van der Waals surface area contributed by atoms with Crippen LogP contribution in [0.15, 0.2) is 70.1 Å². The summed E-state index contributed by atoms with van der Waals surface area (Å²) in [5.74, 6) is -0.753. The largest absolute Gasteiger partial charge is 0.497 e. The van der Waals surface area contributed by atoms with Gasteiger partial charge >= 0.3 is 0 Å². The van der Waals surface area contributed by atoms with Crippen LogP contribution in [0.5, 0.6) is 23.0 Å². The Balaban J connectivity index is 1.24. The zero-order chi connectivity index (χ0) is 35.3. The predicted molar refractivity (Wildman–Crippen MR) is 183 cm³/mol. The second kappa shape index (κ2) is 12.7. The monoisotopic (exact) mass is 697 g/mol. The lowest BCUT2D eigenvalue weighted by Gasteiger charge is -2.35. The number of hydrogen-bond acceptors (Lipinski definition) is 10. The van der Waals surface area contributed by atoms with Gasteiger partial charge < -0.3 is 28.7 Å². The van der Waals surface area contributed by atoms with E-state index in [1.54, 1.807) is 62.6 Å². The van der Waals surface area contributed by atoms with E-state index in [0.717, 1.165) is 0 Å². The van der Waals surface area contributed by atoms with Crippen LogP contribution in [0.3, 0.4) is 0 Å². The SMILES string of the molecule is COc1ccc(-c2oc3c(c2CC(=O)NCCn2cnc4ccccc4c2=O)C(=O)C2(Oc4c(Cl)c(OC)cc(OC)c4C2=O)C(C)C3)cc1. The maximum Gasteiger partial charge on any atom is 0.261 e. The summed E-state index contributed by atoms with van der Waals surface area (Å²) in [5.41, 5.74) is -0.597. The Morgan fingerprint density at radius 3 is 2.44 bits per heavy atom. The van der Waals surface area contributed by atoms with E-state index >= 15 is 0 Å². The Morgan fingerprint density at radius 1 is 1.00 bits per heavy atom. The Hall–Kier alpha value is -5.62. The van der Waals surface area contributed by atoms with Crippen LogP contribution in [0.4, 0.5) is 0 Å². The Morgan fingerprint density at radius 2 is 1.72 bits per heavy atom. The number of para-hydroxylation sites is 1. The number of furan rings is 1. The van der Waals surface area contributed by atoms with E-state index in [9.17, 15) is 19.2 Å². The fourth-order valence-electron chi connectivity index (χ4n) is 6.78. The summed E-state index contributed by atoms with van der Waals surface area (Å²) >= 11 is 6.61. The second-order valence-corrected chi connectivity index (χ2v) is 12.5. The number of methoxy groups -OCH3 is 3. The third kappa shape index (κ3) is 5.09. The van der Waals surface area contributed by atoms with Gasteiger partial charge in [0, 0.05) is 42.6 Å². The molecule has 50 heavy (non-hydrogen) atoms. The predicted octanol–water partition coefficient (Wildman–Crippen LogP) is 5.08. The molecule has 0 bridgehead atoms. The van der Waals surface area contributed by atoms with Gasteiger partial charge in [0.25, 0.3) is 5.56 Å². The number of amides is 1. The molecule has 2 aromatic heterocycles. The molecule has 1 aliphatic carbocycles. The van der Waals surface area contributed by atoms with E-state index in [1.165, 1.54) is 31.2 Å². The topological polar surface area (TPSA) is 148 Å². The highest BCUT2D eigenvalue weighted by Gasteiger charge is 2.63. The average molecular weight is 698 g/mol. The quantitative estimate of drug-likeness (QED) is 0.207. The lowest BCUT2D eigenvalue weighted by Crippen LogP contribution is -2.56. The van der Waals surface area contributed by atoms with Gasteiger partial charge in [-0.25, -0.2) is 4.98 Å². The van der Waals surface area contributed by atoms with Crippen LogP contribution >= 0.6 is 11.6 Å².